The van der Waals surface area contributed by atoms with Crippen LogP contribution in [-0.4, -0.2) is 121 Å². The average Bonchev–Trinajstić information content (AvgIpc) is 3.41. The van der Waals surface area contributed by atoms with Gasteiger partial charge in [-0.25, -0.2) is 0 Å². The molecule has 43 heavy (non-hydrogen) atoms. The summed E-state index contributed by atoms with van der Waals surface area (Å²) in [7, 11) is 4.41. The summed E-state index contributed by atoms with van der Waals surface area (Å²) in [6, 6.07) is 2.79. The summed E-state index contributed by atoms with van der Waals surface area (Å²) >= 11 is 0. The minimum atomic E-state index is -0.426. The van der Waals surface area contributed by atoms with Crippen LogP contribution in [0.25, 0.3) is 0 Å². The third-order valence-corrected chi connectivity index (χ3v) is 12.1. The van der Waals surface area contributed by atoms with Gasteiger partial charge in [0.15, 0.2) is 12.1 Å². The van der Waals surface area contributed by atoms with Crippen molar-refractivity contribution in [1.82, 2.24) is 30.2 Å². The number of likely N-dealkylation sites (N-methyl/N-ethyl adjacent to an activating group) is 1. The number of nitrogens with zero attached hydrogens (tertiary/aromatic N) is 5. The van der Waals surface area contributed by atoms with Crippen molar-refractivity contribution < 1.29 is 14.3 Å². The molecule has 10 nitrogen and oxygen atoms in total. The summed E-state index contributed by atoms with van der Waals surface area (Å²) in [4.78, 5) is 36.4. The second-order valence-corrected chi connectivity index (χ2v) is 14.6. The summed E-state index contributed by atoms with van der Waals surface area (Å²) in [6.07, 6.45) is 10.1. The number of hydrogen-bond acceptors (Lipinski definition) is 9. The van der Waals surface area contributed by atoms with Crippen molar-refractivity contribution in [2.24, 2.45) is 23.2 Å². The van der Waals surface area contributed by atoms with E-state index in [1.54, 1.807) is 4.90 Å². The highest BCUT2D eigenvalue weighted by Crippen LogP contribution is 2.51. The van der Waals surface area contributed by atoms with E-state index in [-0.39, 0.29) is 41.9 Å². The van der Waals surface area contributed by atoms with Gasteiger partial charge in [0, 0.05) is 49.6 Å². The molecule has 2 N–H and O–H groups in total. The van der Waals surface area contributed by atoms with E-state index in [0.717, 1.165) is 38.8 Å². The van der Waals surface area contributed by atoms with E-state index < -0.39 is 6.35 Å². The lowest BCUT2D eigenvalue weighted by Crippen LogP contribution is -2.75. The lowest BCUT2D eigenvalue weighted by Gasteiger charge is -2.58. The molecule has 2 aliphatic carbocycles. The summed E-state index contributed by atoms with van der Waals surface area (Å²) in [5.41, 5.74) is -0.308. The molecule has 6 rings (SSSR count). The molecule has 2 saturated carbocycles. The van der Waals surface area contributed by atoms with Gasteiger partial charge in [-0.1, -0.05) is 19.9 Å². The second kappa shape index (κ2) is 12.9. The number of rotatable bonds is 6. The number of fused-ring (bicyclic) bond motifs is 2. The molecule has 4 heterocycles. The second-order valence-electron chi connectivity index (χ2n) is 14.6. The Hall–Kier alpha value is -1.87. The van der Waals surface area contributed by atoms with Crippen LogP contribution in [0.4, 0.5) is 0 Å². The summed E-state index contributed by atoms with van der Waals surface area (Å²) in [5.74, 6) is 1.63. The molecule has 0 aromatic carbocycles. The van der Waals surface area contributed by atoms with Gasteiger partial charge in [0.1, 0.15) is 0 Å². The Morgan fingerprint density at radius 2 is 1.95 bits per heavy atom. The zero-order chi connectivity index (χ0) is 30.3. The zero-order valence-corrected chi connectivity index (χ0v) is 26.5. The van der Waals surface area contributed by atoms with Crippen LogP contribution in [0.15, 0.2) is 12.7 Å². The average molecular weight is 596 g/mol. The fourth-order valence-electron chi connectivity index (χ4n) is 10.0. The van der Waals surface area contributed by atoms with E-state index >= 15 is 0 Å². The number of ether oxygens (including phenoxy) is 1. The van der Waals surface area contributed by atoms with E-state index in [0.29, 0.717) is 55.9 Å². The molecule has 1 amide bonds. The van der Waals surface area contributed by atoms with Gasteiger partial charge in [-0.3, -0.25) is 25.1 Å². The Morgan fingerprint density at radius 3 is 2.70 bits per heavy atom. The summed E-state index contributed by atoms with van der Waals surface area (Å²) in [6.45, 7) is 10.5. The van der Waals surface area contributed by atoms with Crippen LogP contribution < -0.4 is 10.6 Å². The lowest BCUT2D eigenvalue weighted by atomic mass is 9.57. The highest BCUT2D eigenvalue weighted by Gasteiger charge is 2.58. The number of Topliss-reactive ketones (excluding diaryl/α,β-unsaturated/α-hetero) is 1. The van der Waals surface area contributed by atoms with E-state index in [9.17, 15) is 14.9 Å². The summed E-state index contributed by atoms with van der Waals surface area (Å²) in [5, 5.41) is 17.0. The van der Waals surface area contributed by atoms with Crippen molar-refractivity contribution in [2.75, 3.05) is 53.4 Å². The third kappa shape index (κ3) is 5.94. The number of amides is 1. The van der Waals surface area contributed by atoms with Crippen LogP contribution in [0.3, 0.4) is 0 Å². The van der Waals surface area contributed by atoms with Gasteiger partial charge in [-0.15, -0.1) is 0 Å². The molecule has 10 heteroatoms. The van der Waals surface area contributed by atoms with Gasteiger partial charge in [0.05, 0.1) is 37.3 Å². The molecular formula is C33H53N7O3. The van der Waals surface area contributed by atoms with Gasteiger partial charge >= 0.3 is 0 Å². The van der Waals surface area contributed by atoms with Gasteiger partial charge in [-0.05, 0) is 83.5 Å². The van der Waals surface area contributed by atoms with Crippen LogP contribution in [0.5, 0.6) is 0 Å². The Morgan fingerprint density at radius 1 is 1.12 bits per heavy atom. The number of piperazine rings is 1. The number of carbonyl (C=O) groups is 2. The summed E-state index contributed by atoms with van der Waals surface area (Å²) < 4.78 is 6.52. The minimum Gasteiger partial charge on any atom is -0.348 e. The first-order valence-corrected chi connectivity index (χ1v) is 16.9. The van der Waals surface area contributed by atoms with E-state index in [1.165, 1.54) is 31.8 Å². The van der Waals surface area contributed by atoms with Gasteiger partial charge in [0.25, 0.3) is 0 Å². The predicted octanol–water partition coefficient (Wildman–Crippen LogP) is 1.99. The molecule has 9 unspecified atom stereocenters. The topological polar surface area (TPSA) is 104 Å². The van der Waals surface area contributed by atoms with Crippen LogP contribution in [-0.2, 0) is 14.3 Å². The van der Waals surface area contributed by atoms with Gasteiger partial charge < -0.3 is 19.4 Å². The Labute approximate surface area is 258 Å². The molecule has 1 spiro atoms. The van der Waals surface area contributed by atoms with Crippen molar-refractivity contribution >= 4 is 11.7 Å². The van der Waals surface area contributed by atoms with E-state index in [4.69, 9.17) is 4.74 Å². The smallest absolute Gasteiger partial charge is 0.246 e. The molecule has 6 fully saturated rings. The number of nitriles is 1. The van der Waals surface area contributed by atoms with Crippen LogP contribution in [0.2, 0.25) is 0 Å². The number of nitrogens with one attached hydrogen (secondary N) is 2. The van der Waals surface area contributed by atoms with E-state index in [1.807, 2.05) is 0 Å². The number of ketones is 1. The molecule has 6 aliphatic rings. The van der Waals surface area contributed by atoms with E-state index in [2.05, 4.69) is 59.0 Å². The van der Waals surface area contributed by atoms with Gasteiger partial charge in [-0.2, -0.15) is 5.26 Å². The van der Waals surface area contributed by atoms with Crippen LogP contribution in [0, 0.1) is 34.5 Å². The lowest BCUT2D eigenvalue weighted by molar-refractivity contribution is -0.161. The normalized spacial score (nSPS) is 42.8. The Bertz CT molecular complexity index is 1100. The molecule has 0 aromatic heterocycles. The first-order valence-electron chi connectivity index (χ1n) is 16.9. The fraction of sp³-hybridized carbons (Fsp3) is 0.848. The van der Waals surface area contributed by atoms with Gasteiger partial charge in [0.2, 0.25) is 5.91 Å². The maximum Gasteiger partial charge on any atom is 0.246 e. The molecule has 4 aliphatic heterocycles. The maximum atomic E-state index is 14.8. The number of carbonyl (C=O) groups excluding carboxylic acids is 2. The molecule has 10 atom stereocenters. The Balaban J connectivity index is 1.23. The molecular weight excluding hydrogens is 542 g/mol. The van der Waals surface area contributed by atoms with Crippen LogP contribution in [0.1, 0.15) is 64.7 Å². The SMILES string of the molecule is C=CC(=O)N1CCN(C2NC(OCC3CCCN3C)NC3C(=O)[C@@]4(CCC32)CC2CCCC(C)C2N(C)C4)CC1CC#N. The standard InChI is InChI=1S/C33H53N7O3/c1-5-27(41)40-17-16-39(19-24(40)12-14-34)31-26-11-13-33(18-23-9-6-8-22(2)29(23)38(4)21-33)30(42)28(26)35-32(36-31)43-20-25-10-7-15-37(25)3/h5,22-26,28-29,31-32,35-36H,1,6-13,15-21H2,2-4H3/t22?,23?,24?,25?,26?,28?,29?,31?,32?,33-/m0/s1. The molecule has 0 aromatic rings. The predicted molar refractivity (Wildman–Crippen MR) is 164 cm³/mol. The number of piperidine rings is 1. The van der Waals surface area contributed by atoms with Crippen molar-refractivity contribution in [2.45, 2.75) is 101 Å². The monoisotopic (exact) mass is 595 g/mol. The number of likely N-dealkylation sites (tertiary alicyclic amines) is 2. The largest absolute Gasteiger partial charge is 0.348 e. The molecule has 238 valence electrons. The number of hydrogen-bond donors (Lipinski definition) is 2. The Kier molecular flexibility index (Phi) is 9.31. The zero-order valence-electron chi connectivity index (χ0n) is 26.5. The fourth-order valence-corrected chi connectivity index (χ4v) is 10.0. The first-order chi connectivity index (χ1) is 20.7. The third-order valence-electron chi connectivity index (χ3n) is 12.1. The highest BCUT2D eigenvalue weighted by atomic mass is 16.5. The molecule has 0 bridgehead atoms. The molecule has 4 saturated heterocycles. The minimum absolute atomic E-state index is 0.0650. The van der Waals surface area contributed by atoms with Crippen LogP contribution >= 0.6 is 0 Å². The first kappa shape index (κ1) is 31.1. The highest BCUT2D eigenvalue weighted by molar-refractivity contribution is 5.91. The molecule has 0 radical (unpaired) electrons. The quantitative estimate of drug-likeness (QED) is 0.446. The van der Waals surface area contributed by atoms with Crippen molar-refractivity contribution in [3.63, 3.8) is 0 Å². The maximum absolute atomic E-state index is 14.8. The van der Waals surface area contributed by atoms with Crippen molar-refractivity contribution in [1.29, 1.82) is 5.26 Å². The van der Waals surface area contributed by atoms with Crippen molar-refractivity contribution in [3.8, 4) is 6.07 Å². The van der Waals surface area contributed by atoms with Crippen molar-refractivity contribution in [3.05, 3.63) is 12.7 Å².